The Labute approximate surface area is 200 Å². The van der Waals surface area contributed by atoms with Gasteiger partial charge in [-0.3, -0.25) is 5.32 Å². The Balaban J connectivity index is 1.59. The van der Waals surface area contributed by atoms with Crippen LogP contribution in [-0.2, 0) is 11.3 Å². The van der Waals surface area contributed by atoms with Crippen molar-refractivity contribution in [2.75, 3.05) is 32.1 Å². The number of carbonyl (C=O) groups excluding carboxylic acids is 1. The quantitative estimate of drug-likeness (QED) is 0.392. The predicted octanol–water partition coefficient (Wildman–Crippen LogP) is 4.21. The van der Waals surface area contributed by atoms with Gasteiger partial charge < -0.3 is 19.8 Å². The average Bonchev–Trinajstić information content (AvgIpc) is 2.80. The Bertz CT molecular complexity index is 1130. The van der Waals surface area contributed by atoms with Gasteiger partial charge in [0.1, 0.15) is 17.5 Å². The van der Waals surface area contributed by atoms with Crippen LogP contribution in [0.5, 0.6) is 0 Å². The molecule has 1 aromatic heterocycles. The monoisotopic (exact) mass is 493 g/mol. The van der Waals surface area contributed by atoms with Crippen LogP contribution < -0.4 is 5.32 Å². The maximum Gasteiger partial charge on any atom is 0.412 e. The van der Waals surface area contributed by atoms with E-state index in [0.29, 0.717) is 24.0 Å². The number of hydrogen-bond donors (Lipinski definition) is 3. The average molecular weight is 494 g/mol. The number of pyridine rings is 1. The molecule has 2 atom stereocenters. The third kappa shape index (κ3) is 7.33. The fourth-order valence-electron chi connectivity index (χ4n) is 3.64. The van der Waals surface area contributed by atoms with Crippen molar-refractivity contribution in [3.8, 4) is 0 Å². The number of nitrogens with zero attached hydrogens (tertiary/aromatic N) is 2. The number of aliphatic hydroxyl groups is 2. The molecule has 0 aliphatic heterocycles. The van der Waals surface area contributed by atoms with E-state index in [9.17, 15) is 23.8 Å². The van der Waals surface area contributed by atoms with Gasteiger partial charge in [0.15, 0.2) is 0 Å². The number of amides is 1. The van der Waals surface area contributed by atoms with Crippen molar-refractivity contribution in [3.05, 3.63) is 70.9 Å². The van der Waals surface area contributed by atoms with Gasteiger partial charge in [-0.05, 0) is 54.8 Å². The highest BCUT2D eigenvalue weighted by molar-refractivity contribution is 6.31. The lowest BCUT2D eigenvalue weighted by Crippen LogP contribution is -2.32. The Morgan fingerprint density at radius 1 is 1.24 bits per heavy atom. The highest BCUT2D eigenvalue weighted by atomic mass is 35.5. The number of aliphatic hydroxyl groups excluding tert-OH is 2. The van der Waals surface area contributed by atoms with E-state index in [1.807, 2.05) is 4.90 Å². The second kappa shape index (κ2) is 12.0. The first-order chi connectivity index (χ1) is 16.2. The lowest BCUT2D eigenvalue weighted by molar-refractivity contribution is 0.0498. The number of halogens is 3. The molecule has 0 bridgehead atoms. The molecule has 2 aromatic carbocycles. The first-order valence-corrected chi connectivity index (χ1v) is 11.0. The smallest absolute Gasteiger partial charge is 0.412 e. The van der Waals surface area contributed by atoms with Crippen LogP contribution in [0.4, 0.5) is 19.4 Å². The number of ether oxygens (including phenoxy) is 1. The molecule has 1 unspecified atom stereocenters. The van der Waals surface area contributed by atoms with E-state index >= 15 is 0 Å². The molecule has 0 radical (unpaired) electrons. The number of fused-ring (bicyclic) bond motifs is 1. The van der Waals surface area contributed by atoms with Crippen LogP contribution in [0.25, 0.3) is 10.8 Å². The van der Waals surface area contributed by atoms with Gasteiger partial charge in [0.25, 0.3) is 0 Å². The summed E-state index contributed by atoms with van der Waals surface area (Å²) in [6, 6.07) is 10.3. The minimum Gasteiger partial charge on any atom is -0.449 e. The van der Waals surface area contributed by atoms with Crippen LogP contribution >= 0.6 is 11.6 Å². The van der Waals surface area contributed by atoms with Crippen LogP contribution in [0, 0.1) is 17.6 Å². The fourth-order valence-corrected chi connectivity index (χ4v) is 3.82. The normalized spacial score (nSPS) is 13.1. The molecule has 0 aliphatic carbocycles. The second-order valence-electron chi connectivity index (χ2n) is 8.13. The molecule has 0 saturated carbocycles. The molecular weight excluding hydrogens is 468 g/mol. The lowest BCUT2D eigenvalue weighted by atomic mass is 10.0. The van der Waals surface area contributed by atoms with E-state index < -0.39 is 30.4 Å². The molecule has 182 valence electrons. The van der Waals surface area contributed by atoms with Crippen molar-refractivity contribution in [3.63, 3.8) is 0 Å². The minimum absolute atomic E-state index is 0.0414. The zero-order valence-electron chi connectivity index (χ0n) is 18.5. The summed E-state index contributed by atoms with van der Waals surface area (Å²) in [5, 5.41) is 23.0. The topological polar surface area (TPSA) is 94.9 Å². The van der Waals surface area contributed by atoms with Crippen molar-refractivity contribution in [2.45, 2.75) is 19.1 Å². The first-order valence-electron chi connectivity index (χ1n) is 10.6. The van der Waals surface area contributed by atoms with Crippen molar-refractivity contribution in [1.29, 1.82) is 0 Å². The third-order valence-corrected chi connectivity index (χ3v) is 5.65. The Kier molecular flexibility index (Phi) is 9.12. The third-order valence-electron chi connectivity index (χ3n) is 5.22. The van der Waals surface area contributed by atoms with Gasteiger partial charge >= 0.3 is 6.09 Å². The summed E-state index contributed by atoms with van der Waals surface area (Å²) in [6.45, 7) is 0.239. The van der Waals surface area contributed by atoms with Crippen LogP contribution in [0.1, 0.15) is 12.0 Å². The molecule has 7 nitrogen and oxygen atoms in total. The molecular formula is C24H26ClF2N3O4. The molecule has 3 aromatic rings. The zero-order chi connectivity index (χ0) is 24.7. The summed E-state index contributed by atoms with van der Waals surface area (Å²) in [6.07, 6.45) is -0.0575. The number of carbonyl (C=O) groups is 1. The van der Waals surface area contributed by atoms with Gasteiger partial charge in [-0.2, -0.15) is 0 Å². The van der Waals surface area contributed by atoms with Crippen molar-refractivity contribution in [2.24, 2.45) is 5.92 Å². The molecule has 0 fully saturated rings. The summed E-state index contributed by atoms with van der Waals surface area (Å²) in [5.74, 6) is -1.04. The SMILES string of the molecule is CN(Cc1cccc(F)c1Cl)C[C@H](COC(=O)Nc1cc2cc(F)ccc2cn1)CC(O)CO. The van der Waals surface area contributed by atoms with Gasteiger partial charge in [-0.1, -0.05) is 23.7 Å². The highest BCUT2D eigenvalue weighted by Crippen LogP contribution is 2.22. The van der Waals surface area contributed by atoms with E-state index in [0.717, 1.165) is 5.39 Å². The van der Waals surface area contributed by atoms with E-state index in [1.165, 1.54) is 30.5 Å². The second-order valence-corrected chi connectivity index (χ2v) is 8.51. The van der Waals surface area contributed by atoms with Gasteiger partial charge in [-0.15, -0.1) is 0 Å². The highest BCUT2D eigenvalue weighted by Gasteiger charge is 2.20. The number of aromatic nitrogens is 1. The predicted molar refractivity (Wildman–Crippen MR) is 126 cm³/mol. The van der Waals surface area contributed by atoms with Gasteiger partial charge in [0, 0.05) is 30.6 Å². The van der Waals surface area contributed by atoms with Crippen molar-refractivity contribution < 1.29 is 28.5 Å². The van der Waals surface area contributed by atoms with E-state index in [1.54, 1.807) is 25.2 Å². The number of anilines is 1. The van der Waals surface area contributed by atoms with Gasteiger partial charge in [0.2, 0.25) is 0 Å². The molecule has 3 rings (SSSR count). The number of nitrogens with one attached hydrogen (secondary N) is 1. The molecule has 0 spiro atoms. The number of benzene rings is 2. The first kappa shape index (κ1) is 25.8. The molecule has 0 aliphatic rings. The molecule has 3 N–H and O–H groups in total. The van der Waals surface area contributed by atoms with Crippen molar-refractivity contribution >= 4 is 34.3 Å². The Hall–Kier alpha value is -2.85. The summed E-state index contributed by atoms with van der Waals surface area (Å²) in [5.41, 5.74) is 0.600. The maximum absolute atomic E-state index is 13.7. The summed E-state index contributed by atoms with van der Waals surface area (Å²) < 4.78 is 32.5. The minimum atomic E-state index is -0.986. The molecule has 0 saturated heterocycles. The lowest BCUT2D eigenvalue weighted by Gasteiger charge is -2.25. The Morgan fingerprint density at radius 3 is 2.79 bits per heavy atom. The van der Waals surface area contributed by atoms with Gasteiger partial charge in [-0.25, -0.2) is 18.6 Å². The summed E-state index contributed by atoms with van der Waals surface area (Å²) in [7, 11) is 1.79. The van der Waals surface area contributed by atoms with Crippen LogP contribution in [0.15, 0.2) is 48.7 Å². The van der Waals surface area contributed by atoms with E-state index in [4.69, 9.17) is 16.3 Å². The van der Waals surface area contributed by atoms with E-state index in [-0.39, 0.29) is 29.8 Å². The maximum atomic E-state index is 13.7. The zero-order valence-corrected chi connectivity index (χ0v) is 19.3. The largest absolute Gasteiger partial charge is 0.449 e. The summed E-state index contributed by atoms with van der Waals surface area (Å²) in [4.78, 5) is 18.3. The standard InChI is InChI=1S/C24H26ClF2N3O4/c1-30(12-17-3-2-4-21(27)23(17)25)11-15(7-20(32)13-31)14-34-24(33)29-22-9-18-8-19(26)6-5-16(18)10-28-22/h2-6,8-10,15,20,31-32H,7,11-14H2,1H3,(H,28,29,33)/t15-,20?/m1/s1. The van der Waals surface area contributed by atoms with Crippen LogP contribution in [0.2, 0.25) is 5.02 Å². The number of rotatable bonds is 10. The Morgan fingerprint density at radius 2 is 2.03 bits per heavy atom. The van der Waals surface area contributed by atoms with E-state index in [2.05, 4.69) is 10.3 Å². The summed E-state index contributed by atoms with van der Waals surface area (Å²) >= 11 is 6.03. The fraction of sp³-hybridized carbons (Fsp3) is 0.333. The number of hydrogen-bond acceptors (Lipinski definition) is 6. The molecule has 1 heterocycles. The van der Waals surface area contributed by atoms with Crippen LogP contribution in [0.3, 0.4) is 0 Å². The molecule has 1 amide bonds. The van der Waals surface area contributed by atoms with Crippen LogP contribution in [-0.4, -0.2) is 59.1 Å². The molecule has 10 heteroatoms. The molecule has 34 heavy (non-hydrogen) atoms. The van der Waals surface area contributed by atoms with Gasteiger partial charge in [0.05, 0.1) is 24.3 Å². The van der Waals surface area contributed by atoms with Crippen molar-refractivity contribution in [1.82, 2.24) is 9.88 Å².